The minimum absolute atomic E-state index is 0.120. The van der Waals surface area contributed by atoms with E-state index < -0.39 is 21.7 Å². The lowest BCUT2D eigenvalue weighted by Crippen LogP contribution is -2.26. The predicted molar refractivity (Wildman–Crippen MR) is 81.8 cm³/mol. The molecule has 0 aliphatic heterocycles. The van der Waals surface area contributed by atoms with Gasteiger partial charge in [-0.05, 0) is 40.5 Å². The molecule has 1 aromatic carbocycles. The zero-order valence-electron chi connectivity index (χ0n) is 11.2. The Hall–Kier alpha value is -0.830. The molecule has 114 valence electrons. The maximum atomic E-state index is 13.6. The molecule has 0 N–H and O–H groups in total. The van der Waals surface area contributed by atoms with Gasteiger partial charge in [0.2, 0.25) is 0 Å². The van der Waals surface area contributed by atoms with Crippen LogP contribution in [0.3, 0.4) is 0 Å². The van der Waals surface area contributed by atoms with Gasteiger partial charge in [-0.3, -0.25) is 0 Å². The normalized spacial score (nSPS) is 12.1. The number of halogens is 3. The summed E-state index contributed by atoms with van der Waals surface area (Å²) in [6.07, 6.45) is 0. The van der Waals surface area contributed by atoms with Crippen LogP contribution in [0.2, 0.25) is 0 Å². The molecule has 3 nitrogen and oxygen atoms in total. The molecule has 0 fully saturated rings. The number of thiophene rings is 1. The van der Waals surface area contributed by atoms with E-state index in [0.29, 0.717) is 0 Å². The number of nitrogens with zero attached hydrogens (tertiary/aromatic N) is 1. The van der Waals surface area contributed by atoms with Gasteiger partial charge in [0.25, 0.3) is 10.0 Å². The van der Waals surface area contributed by atoms with Crippen molar-refractivity contribution in [1.82, 2.24) is 4.31 Å². The van der Waals surface area contributed by atoms with Crippen molar-refractivity contribution in [2.75, 3.05) is 7.05 Å². The first-order valence-electron chi connectivity index (χ1n) is 5.88. The highest BCUT2D eigenvalue weighted by atomic mass is 79.9. The van der Waals surface area contributed by atoms with Crippen molar-refractivity contribution in [3.05, 3.63) is 50.8 Å². The molecule has 0 bridgehead atoms. The Morgan fingerprint density at radius 2 is 1.95 bits per heavy atom. The van der Waals surface area contributed by atoms with E-state index in [-0.39, 0.29) is 16.3 Å². The van der Waals surface area contributed by atoms with Gasteiger partial charge in [0.15, 0.2) is 0 Å². The van der Waals surface area contributed by atoms with Crippen molar-refractivity contribution in [3.8, 4) is 0 Å². The molecule has 0 unspecified atom stereocenters. The van der Waals surface area contributed by atoms with Crippen LogP contribution in [0.15, 0.2) is 32.3 Å². The maximum Gasteiger partial charge on any atom is 0.252 e. The van der Waals surface area contributed by atoms with E-state index in [1.54, 1.807) is 13.0 Å². The Labute approximate surface area is 134 Å². The number of sulfonamides is 1. The van der Waals surface area contributed by atoms with Gasteiger partial charge in [0.1, 0.15) is 15.8 Å². The smallest absolute Gasteiger partial charge is 0.207 e. The van der Waals surface area contributed by atoms with Crippen LogP contribution in [0.4, 0.5) is 8.78 Å². The zero-order chi connectivity index (χ0) is 15.8. The highest BCUT2D eigenvalue weighted by Gasteiger charge is 2.24. The molecule has 8 heteroatoms. The van der Waals surface area contributed by atoms with E-state index in [0.717, 1.165) is 37.1 Å². The van der Waals surface area contributed by atoms with Gasteiger partial charge in [-0.2, -0.15) is 4.31 Å². The Morgan fingerprint density at radius 1 is 1.29 bits per heavy atom. The fourth-order valence-electron chi connectivity index (χ4n) is 1.69. The molecule has 1 aromatic heterocycles. The number of aryl methyl sites for hydroxylation is 1. The minimum atomic E-state index is -3.70. The Bertz CT molecular complexity index is 755. The second kappa shape index (κ2) is 6.12. The number of benzene rings is 1. The van der Waals surface area contributed by atoms with E-state index in [4.69, 9.17) is 0 Å². The summed E-state index contributed by atoms with van der Waals surface area (Å²) in [5.41, 5.74) is 0.940. The molecule has 2 aromatic rings. The topological polar surface area (TPSA) is 37.4 Å². The summed E-state index contributed by atoms with van der Waals surface area (Å²) in [5.74, 6) is -1.46. The molecule has 0 atom stereocenters. The monoisotopic (exact) mass is 395 g/mol. The lowest BCUT2D eigenvalue weighted by atomic mass is 10.2. The highest BCUT2D eigenvalue weighted by molar-refractivity contribution is 9.11. The quantitative estimate of drug-likeness (QED) is 0.786. The zero-order valence-corrected chi connectivity index (χ0v) is 14.4. The van der Waals surface area contributed by atoms with Gasteiger partial charge in [0.05, 0.1) is 3.79 Å². The summed E-state index contributed by atoms with van der Waals surface area (Å²) >= 11 is 4.38. The van der Waals surface area contributed by atoms with Gasteiger partial charge in [0, 0.05) is 25.2 Å². The van der Waals surface area contributed by atoms with Crippen molar-refractivity contribution >= 4 is 37.3 Å². The van der Waals surface area contributed by atoms with E-state index in [2.05, 4.69) is 15.9 Å². The van der Waals surface area contributed by atoms with Crippen LogP contribution in [0.5, 0.6) is 0 Å². The number of hydrogen-bond acceptors (Lipinski definition) is 3. The molecule has 21 heavy (non-hydrogen) atoms. The van der Waals surface area contributed by atoms with Crippen LogP contribution in [-0.4, -0.2) is 19.8 Å². The van der Waals surface area contributed by atoms with Crippen molar-refractivity contribution in [3.63, 3.8) is 0 Å². The van der Waals surface area contributed by atoms with Crippen molar-refractivity contribution < 1.29 is 17.2 Å². The van der Waals surface area contributed by atoms with Gasteiger partial charge in [-0.1, -0.05) is 6.07 Å². The molecule has 1 heterocycles. The van der Waals surface area contributed by atoms with E-state index in [1.165, 1.54) is 13.1 Å². The lowest BCUT2D eigenvalue weighted by molar-refractivity contribution is 0.456. The summed E-state index contributed by atoms with van der Waals surface area (Å²) in [5, 5.41) is 0. The fraction of sp³-hybridized carbons (Fsp3) is 0.231. The average Bonchev–Trinajstić information content (AvgIpc) is 2.73. The van der Waals surface area contributed by atoms with E-state index >= 15 is 0 Å². The van der Waals surface area contributed by atoms with Crippen molar-refractivity contribution in [2.24, 2.45) is 0 Å². The van der Waals surface area contributed by atoms with Crippen molar-refractivity contribution in [1.29, 1.82) is 0 Å². The summed E-state index contributed by atoms with van der Waals surface area (Å²) in [6.45, 7) is 1.63. The van der Waals surface area contributed by atoms with Gasteiger partial charge < -0.3 is 0 Å². The summed E-state index contributed by atoms with van der Waals surface area (Å²) < 4.78 is 53.2. The first kappa shape index (κ1) is 16.5. The Balaban J connectivity index is 2.28. The first-order valence-corrected chi connectivity index (χ1v) is 8.93. The molecule has 0 amide bonds. The van der Waals surface area contributed by atoms with Crippen molar-refractivity contribution in [2.45, 2.75) is 17.7 Å². The summed E-state index contributed by atoms with van der Waals surface area (Å²) in [6, 6.07) is 4.64. The summed E-state index contributed by atoms with van der Waals surface area (Å²) in [7, 11) is -2.34. The Kier molecular flexibility index (Phi) is 4.82. The average molecular weight is 396 g/mol. The summed E-state index contributed by atoms with van der Waals surface area (Å²) in [4.78, 5) is 0. The standard InChI is InChI=1S/C13H12BrF2NO2S2/c1-8-5-12(20-13(8)14)21(18,19)17(2)7-9-3-4-10(15)6-11(9)16/h3-6H,7H2,1-2H3. The van der Waals surface area contributed by atoms with Crippen LogP contribution in [0.25, 0.3) is 0 Å². The molecular formula is C13H12BrF2NO2S2. The lowest BCUT2D eigenvalue weighted by Gasteiger charge is -2.16. The molecule has 0 spiro atoms. The maximum absolute atomic E-state index is 13.6. The molecule has 2 rings (SSSR count). The van der Waals surface area contributed by atoms with E-state index in [9.17, 15) is 17.2 Å². The van der Waals surface area contributed by atoms with Crippen LogP contribution >= 0.6 is 27.3 Å². The number of hydrogen-bond donors (Lipinski definition) is 0. The molecular weight excluding hydrogens is 384 g/mol. The molecule has 0 radical (unpaired) electrons. The molecule has 0 saturated carbocycles. The second-order valence-corrected chi connectivity index (χ2v) is 9.16. The second-order valence-electron chi connectivity index (χ2n) is 4.52. The van der Waals surface area contributed by atoms with Gasteiger partial charge in [-0.15, -0.1) is 11.3 Å². The predicted octanol–water partition coefficient (Wildman–Crippen LogP) is 3.92. The number of rotatable bonds is 4. The minimum Gasteiger partial charge on any atom is -0.207 e. The molecule has 0 aliphatic carbocycles. The van der Waals surface area contributed by atoms with Crippen LogP contribution < -0.4 is 0 Å². The van der Waals surface area contributed by atoms with Crippen LogP contribution in [0, 0.1) is 18.6 Å². The molecule has 0 saturated heterocycles. The Morgan fingerprint density at radius 3 is 2.48 bits per heavy atom. The third-order valence-electron chi connectivity index (χ3n) is 2.91. The SMILES string of the molecule is Cc1cc(S(=O)(=O)N(C)Cc2ccc(F)cc2F)sc1Br. The highest BCUT2D eigenvalue weighted by Crippen LogP contribution is 2.32. The molecule has 0 aliphatic rings. The van der Waals surface area contributed by atoms with E-state index in [1.807, 2.05) is 0 Å². The van der Waals surface area contributed by atoms with Gasteiger partial charge >= 0.3 is 0 Å². The largest absolute Gasteiger partial charge is 0.252 e. The third-order valence-corrected chi connectivity index (χ3v) is 7.30. The van der Waals surface area contributed by atoms with Gasteiger partial charge in [-0.25, -0.2) is 17.2 Å². The fourth-order valence-corrected chi connectivity index (χ4v) is 5.27. The third kappa shape index (κ3) is 3.50. The van der Waals surface area contributed by atoms with Crippen LogP contribution in [0.1, 0.15) is 11.1 Å². The van der Waals surface area contributed by atoms with Crippen LogP contribution in [-0.2, 0) is 16.6 Å². The first-order chi connectivity index (χ1) is 9.71.